The van der Waals surface area contributed by atoms with Crippen molar-refractivity contribution < 1.29 is 9.53 Å². The maximum absolute atomic E-state index is 11.0. The van der Waals surface area contributed by atoms with Gasteiger partial charge in [-0.1, -0.05) is 32.1 Å². The number of rotatable bonds is 4. The standard InChI is InChI=1S/C11H21NO2.ClH/c1-14-11(13)10(12)8-7-9-5-3-2-4-6-9;/h9-10H,2-8,12H2,1H3;1H/t10-;/m0./s1. The molecule has 0 saturated heterocycles. The van der Waals surface area contributed by atoms with Crippen LogP contribution in [0.5, 0.6) is 0 Å². The van der Waals surface area contributed by atoms with Gasteiger partial charge in [0.25, 0.3) is 0 Å². The lowest BCUT2D eigenvalue weighted by atomic mass is 9.85. The van der Waals surface area contributed by atoms with Gasteiger partial charge in [-0.25, -0.2) is 0 Å². The van der Waals surface area contributed by atoms with Crippen molar-refractivity contribution in [2.75, 3.05) is 7.11 Å². The zero-order chi connectivity index (χ0) is 10.4. The van der Waals surface area contributed by atoms with E-state index in [2.05, 4.69) is 4.74 Å². The molecule has 0 amide bonds. The molecular formula is C11H22ClNO2. The number of ether oxygens (including phenoxy) is 1. The first-order valence-electron chi connectivity index (χ1n) is 5.57. The van der Waals surface area contributed by atoms with E-state index in [1.807, 2.05) is 0 Å². The third kappa shape index (κ3) is 5.38. The van der Waals surface area contributed by atoms with Gasteiger partial charge in [-0.05, 0) is 18.8 Å². The number of esters is 1. The van der Waals surface area contributed by atoms with Gasteiger partial charge in [0.05, 0.1) is 7.11 Å². The van der Waals surface area contributed by atoms with Crippen LogP contribution in [0.25, 0.3) is 0 Å². The Bertz CT molecular complexity index is 181. The van der Waals surface area contributed by atoms with Crippen LogP contribution in [0.1, 0.15) is 44.9 Å². The van der Waals surface area contributed by atoms with Gasteiger partial charge < -0.3 is 10.5 Å². The normalized spacial score (nSPS) is 19.1. The second kappa shape index (κ2) is 7.94. The Balaban J connectivity index is 0.00000196. The van der Waals surface area contributed by atoms with Crippen LogP contribution >= 0.6 is 12.4 Å². The Morgan fingerprint density at radius 1 is 1.40 bits per heavy atom. The van der Waals surface area contributed by atoms with Gasteiger partial charge in [0.15, 0.2) is 0 Å². The fourth-order valence-electron chi connectivity index (χ4n) is 2.16. The Morgan fingerprint density at radius 3 is 2.53 bits per heavy atom. The SMILES string of the molecule is COC(=O)[C@@H](N)CCC1CCCCC1.Cl. The third-order valence-electron chi connectivity index (χ3n) is 3.11. The molecule has 2 N–H and O–H groups in total. The van der Waals surface area contributed by atoms with E-state index in [1.165, 1.54) is 39.2 Å². The molecule has 0 aromatic carbocycles. The lowest BCUT2D eigenvalue weighted by molar-refractivity contribution is -0.142. The molecule has 0 heterocycles. The average molecular weight is 236 g/mol. The molecule has 0 spiro atoms. The highest BCUT2D eigenvalue weighted by Crippen LogP contribution is 2.27. The van der Waals surface area contributed by atoms with Crippen molar-refractivity contribution in [1.29, 1.82) is 0 Å². The van der Waals surface area contributed by atoms with Crippen LogP contribution in [0.3, 0.4) is 0 Å². The molecule has 0 radical (unpaired) electrons. The molecule has 1 aliphatic carbocycles. The van der Waals surface area contributed by atoms with Gasteiger partial charge in [-0.3, -0.25) is 4.79 Å². The summed E-state index contributed by atoms with van der Waals surface area (Å²) in [5, 5.41) is 0. The van der Waals surface area contributed by atoms with Crippen LogP contribution in [0, 0.1) is 5.92 Å². The van der Waals surface area contributed by atoms with Crippen LogP contribution in [-0.2, 0) is 9.53 Å². The second-order valence-electron chi connectivity index (χ2n) is 4.21. The molecule has 1 saturated carbocycles. The van der Waals surface area contributed by atoms with Crippen molar-refractivity contribution in [2.24, 2.45) is 11.7 Å². The van der Waals surface area contributed by atoms with Crippen LogP contribution in [0.4, 0.5) is 0 Å². The summed E-state index contributed by atoms with van der Waals surface area (Å²) in [6, 6.07) is -0.415. The molecule has 0 aromatic rings. The van der Waals surface area contributed by atoms with Crippen LogP contribution in [0.2, 0.25) is 0 Å². The van der Waals surface area contributed by atoms with Crippen molar-refractivity contribution in [3.05, 3.63) is 0 Å². The molecule has 1 rings (SSSR count). The highest BCUT2D eigenvalue weighted by atomic mass is 35.5. The molecule has 0 aromatic heterocycles. The molecule has 1 aliphatic rings. The summed E-state index contributed by atoms with van der Waals surface area (Å²) in [7, 11) is 1.39. The first-order chi connectivity index (χ1) is 6.74. The zero-order valence-corrected chi connectivity index (χ0v) is 10.2. The van der Waals surface area contributed by atoms with Crippen molar-refractivity contribution in [1.82, 2.24) is 0 Å². The number of hydrogen-bond acceptors (Lipinski definition) is 3. The summed E-state index contributed by atoms with van der Waals surface area (Å²) >= 11 is 0. The van der Waals surface area contributed by atoms with E-state index in [0.717, 1.165) is 18.8 Å². The molecule has 1 atom stereocenters. The van der Waals surface area contributed by atoms with Crippen molar-refractivity contribution in [2.45, 2.75) is 51.0 Å². The summed E-state index contributed by atoms with van der Waals surface area (Å²) in [4.78, 5) is 11.0. The first kappa shape index (κ1) is 14.7. The van der Waals surface area contributed by atoms with Crippen LogP contribution in [-0.4, -0.2) is 19.1 Å². The molecule has 0 aliphatic heterocycles. The Labute approximate surface area is 98.2 Å². The van der Waals surface area contributed by atoms with E-state index < -0.39 is 6.04 Å². The molecule has 15 heavy (non-hydrogen) atoms. The summed E-state index contributed by atoms with van der Waals surface area (Å²) in [5.74, 6) is 0.514. The van der Waals surface area contributed by atoms with Gasteiger partial charge in [-0.2, -0.15) is 0 Å². The molecule has 3 nitrogen and oxygen atoms in total. The second-order valence-corrected chi connectivity index (χ2v) is 4.21. The minimum atomic E-state index is -0.415. The monoisotopic (exact) mass is 235 g/mol. The number of nitrogens with two attached hydrogens (primary N) is 1. The predicted molar refractivity (Wildman–Crippen MR) is 63.0 cm³/mol. The number of methoxy groups -OCH3 is 1. The van der Waals surface area contributed by atoms with Gasteiger partial charge in [0.2, 0.25) is 0 Å². The maximum Gasteiger partial charge on any atom is 0.322 e. The smallest absolute Gasteiger partial charge is 0.322 e. The molecular weight excluding hydrogens is 214 g/mol. The first-order valence-corrected chi connectivity index (χ1v) is 5.57. The fourth-order valence-corrected chi connectivity index (χ4v) is 2.16. The van der Waals surface area contributed by atoms with Gasteiger partial charge in [-0.15, -0.1) is 12.4 Å². The number of hydrogen-bond donors (Lipinski definition) is 1. The summed E-state index contributed by atoms with van der Waals surface area (Å²) in [5.41, 5.74) is 5.67. The summed E-state index contributed by atoms with van der Waals surface area (Å²) in [6.45, 7) is 0. The number of carbonyl (C=O) groups excluding carboxylic acids is 1. The van der Waals surface area contributed by atoms with Gasteiger partial charge >= 0.3 is 5.97 Å². The molecule has 1 fully saturated rings. The average Bonchev–Trinajstić information content (AvgIpc) is 2.26. The van der Waals surface area contributed by atoms with Crippen molar-refractivity contribution in [3.8, 4) is 0 Å². The van der Waals surface area contributed by atoms with Crippen LogP contribution in [0.15, 0.2) is 0 Å². The van der Waals surface area contributed by atoms with Gasteiger partial charge in [0, 0.05) is 0 Å². The fraction of sp³-hybridized carbons (Fsp3) is 0.909. The van der Waals surface area contributed by atoms with Crippen molar-refractivity contribution in [3.63, 3.8) is 0 Å². The zero-order valence-electron chi connectivity index (χ0n) is 9.41. The molecule has 90 valence electrons. The van der Waals surface area contributed by atoms with Gasteiger partial charge in [0.1, 0.15) is 6.04 Å². The maximum atomic E-state index is 11.0. The van der Waals surface area contributed by atoms with E-state index >= 15 is 0 Å². The molecule has 0 unspecified atom stereocenters. The van der Waals surface area contributed by atoms with Crippen LogP contribution < -0.4 is 5.73 Å². The van der Waals surface area contributed by atoms with Crippen molar-refractivity contribution >= 4 is 18.4 Å². The Hall–Kier alpha value is -0.280. The lowest BCUT2D eigenvalue weighted by Gasteiger charge is -2.22. The molecule has 4 heteroatoms. The summed E-state index contributed by atoms with van der Waals surface area (Å²) in [6.07, 6.45) is 8.55. The number of halogens is 1. The van der Waals surface area contributed by atoms with E-state index in [-0.39, 0.29) is 18.4 Å². The minimum absolute atomic E-state index is 0. The van der Waals surface area contributed by atoms with E-state index in [4.69, 9.17) is 5.73 Å². The quantitative estimate of drug-likeness (QED) is 0.761. The third-order valence-corrected chi connectivity index (χ3v) is 3.11. The highest BCUT2D eigenvalue weighted by molar-refractivity contribution is 5.85. The number of carbonyl (C=O) groups is 1. The van der Waals surface area contributed by atoms with E-state index in [9.17, 15) is 4.79 Å². The Kier molecular flexibility index (Phi) is 7.79. The largest absolute Gasteiger partial charge is 0.468 e. The highest BCUT2D eigenvalue weighted by Gasteiger charge is 2.18. The topological polar surface area (TPSA) is 52.3 Å². The minimum Gasteiger partial charge on any atom is -0.468 e. The molecule has 0 bridgehead atoms. The van der Waals surface area contributed by atoms with E-state index in [1.54, 1.807) is 0 Å². The predicted octanol–water partition coefficient (Wildman–Crippen LogP) is 2.27. The lowest BCUT2D eigenvalue weighted by Crippen LogP contribution is -2.32. The Morgan fingerprint density at radius 2 is 2.00 bits per heavy atom. The summed E-state index contributed by atoms with van der Waals surface area (Å²) < 4.78 is 4.59. The van der Waals surface area contributed by atoms with E-state index in [0.29, 0.717) is 0 Å².